The highest BCUT2D eigenvalue weighted by molar-refractivity contribution is 5.17. The van der Waals surface area contributed by atoms with E-state index in [9.17, 15) is 0 Å². The molecule has 0 aliphatic carbocycles. The van der Waals surface area contributed by atoms with Crippen LogP contribution in [0.5, 0.6) is 5.88 Å². The van der Waals surface area contributed by atoms with Gasteiger partial charge in [-0.2, -0.15) is 0 Å². The molecule has 1 unspecified atom stereocenters. The molecule has 18 heavy (non-hydrogen) atoms. The molecule has 1 atom stereocenters. The SMILES string of the molecule is CNCc1ccc(OCC2CCCCN2C)nc1. The lowest BCUT2D eigenvalue weighted by Crippen LogP contribution is -2.40. The second-order valence-corrected chi connectivity index (χ2v) is 4.98. The average molecular weight is 249 g/mol. The van der Waals surface area contributed by atoms with Gasteiger partial charge in [-0.1, -0.05) is 12.5 Å². The fourth-order valence-electron chi connectivity index (χ4n) is 2.34. The van der Waals surface area contributed by atoms with E-state index < -0.39 is 0 Å². The smallest absolute Gasteiger partial charge is 0.213 e. The molecule has 0 radical (unpaired) electrons. The number of hydrogen-bond donors (Lipinski definition) is 1. The molecule has 2 rings (SSSR count). The molecular formula is C14H23N3O. The molecule has 0 aromatic carbocycles. The van der Waals surface area contributed by atoms with Crippen LogP contribution in [0.1, 0.15) is 24.8 Å². The fourth-order valence-corrected chi connectivity index (χ4v) is 2.34. The van der Waals surface area contributed by atoms with Gasteiger partial charge in [0.15, 0.2) is 0 Å². The minimum atomic E-state index is 0.539. The molecule has 1 aromatic rings. The number of likely N-dealkylation sites (tertiary alicyclic amines) is 1. The van der Waals surface area contributed by atoms with Crippen LogP contribution >= 0.6 is 0 Å². The van der Waals surface area contributed by atoms with Crippen molar-refractivity contribution in [3.8, 4) is 5.88 Å². The zero-order chi connectivity index (χ0) is 12.8. The van der Waals surface area contributed by atoms with Gasteiger partial charge in [0, 0.05) is 24.8 Å². The Labute approximate surface area is 109 Å². The third-order valence-electron chi connectivity index (χ3n) is 3.52. The summed E-state index contributed by atoms with van der Waals surface area (Å²) in [5.74, 6) is 0.730. The molecule has 1 saturated heterocycles. The summed E-state index contributed by atoms with van der Waals surface area (Å²) in [7, 11) is 4.11. The Kier molecular flexibility index (Phi) is 4.96. The van der Waals surface area contributed by atoms with E-state index in [1.165, 1.54) is 31.4 Å². The first-order valence-corrected chi connectivity index (χ1v) is 6.72. The zero-order valence-electron chi connectivity index (χ0n) is 11.4. The molecule has 4 nitrogen and oxygen atoms in total. The molecular weight excluding hydrogens is 226 g/mol. The summed E-state index contributed by atoms with van der Waals surface area (Å²) in [6.45, 7) is 2.77. The van der Waals surface area contributed by atoms with Gasteiger partial charge in [0.05, 0.1) is 0 Å². The highest BCUT2D eigenvalue weighted by Crippen LogP contribution is 2.16. The molecule has 100 valence electrons. The van der Waals surface area contributed by atoms with Crippen molar-refractivity contribution in [1.29, 1.82) is 0 Å². The molecule has 4 heteroatoms. The maximum atomic E-state index is 5.78. The highest BCUT2D eigenvalue weighted by Gasteiger charge is 2.19. The first-order valence-electron chi connectivity index (χ1n) is 6.72. The van der Waals surface area contributed by atoms with Crippen molar-refractivity contribution in [1.82, 2.24) is 15.2 Å². The third kappa shape index (κ3) is 3.68. The molecule has 0 spiro atoms. The van der Waals surface area contributed by atoms with Gasteiger partial charge in [-0.15, -0.1) is 0 Å². The van der Waals surface area contributed by atoms with Gasteiger partial charge in [0.25, 0.3) is 0 Å². The number of nitrogens with zero attached hydrogens (tertiary/aromatic N) is 2. The van der Waals surface area contributed by atoms with Crippen LogP contribution in [0.3, 0.4) is 0 Å². The number of ether oxygens (including phenoxy) is 1. The van der Waals surface area contributed by atoms with Gasteiger partial charge in [0.2, 0.25) is 5.88 Å². The Hall–Kier alpha value is -1.13. The molecule has 1 fully saturated rings. The first-order chi connectivity index (χ1) is 8.79. The number of rotatable bonds is 5. The molecule has 1 N–H and O–H groups in total. The second kappa shape index (κ2) is 6.71. The Morgan fingerprint density at radius 1 is 1.44 bits per heavy atom. The number of piperidine rings is 1. The zero-order valence-corrected chi connectivity index (χ0v) is 11.4. The van der Waals surface area contributed by atoms with Crippen molar-refractivity contribution in [2.24, 2.45) is 0 Å². The normalized spacial score (nSPS) is 20.9. The first kappa shape index (κ1) is 13.3. The summed E-state index contributed by atoms with van der Waals surface area (Å²) in [6, 6.07) is 4.55. The number of likely N-dealkylation sites (N-methyl/N-ethyl adjacent to an activating group) is 1. The Morgan fingerprint density at radius 2 is 2.33 bits per heavy atom. The minimum absolute atomic E-state index is 0.539. The van der Waals surface area contributed by atoms with Crippen LogP contribution in [0.4, 0.5) is 0 Å². The summed E-state index contributed by atoms with van der Waals surface area (Å²) in [4.78, 5) is 6.71. The lowest BCUT2D eigenvalue weighted by Gasteiger charge is -2.31. The molecule has 1 aliphatic heterocycles. The minimum Gasteiger partial charge on any atom is -0.476 e. The Bertz CT molecular complexity index is 353. The number of hydrogen-bond acceptors (Lipinski definition) is 4. The fraction of sp³-hybridized carbons (Fsp3) is 0.643. The van der Waals surface area contributed by atoms with E-state index in [4.69, 9.17) is 4.74 Å². The van der Waals surface area contributed by atoms with Crippen molar-refractivity contribution in [2.45, 2.75) is 31.8 Å². The van der Waals surface area contributed by atoms with Crippen molar-refractivity contribution in [2.75, 3.05) is 27.2 Å². The van der Waals surface area contributed by atoms with Crippen molar-refractivity contribution < 1.29 is 4.74 Å². The predicted octanol–water partition coefficient (Wildman–Crippen LogP) is 1.66. The van der Waals surface area contributed by atoms with E-state index in [2.05, 4.69) is 28.3 Å². The Morgan fingerprint density at radius 3 is 3.00 bits per heavy atom. The highest BCUT2D eigenvalue weighted by atomic mass is 16.5. The van der Waals surface area contributed by atoms with Gasteiger partial charge in [-0.25, -0.2) is 4.98 Å². The maximum absolute atomic E-state index is 5.78. The van der Waals surface area contributed by atoms with Crippen molar-refractivity contribution in [3.05, 3.63) is 23.9 Å². The lowest BCUT2D eigenvalue weighted by atomic mass is 10.0. The molecule has 1 aliphatic rings. The van der Waals surface area contributed by atoms with E-state index >= 15 is 0 Å². The molecule has 0 saturated carbocycles. The molecule has 1 aromatic heterocycles. The van der Waals surface area contributed by atoms with E-state index in [0.717, 1.165) is 19.0 Å². The third-order valence-corrected chi connectivity index (χ3v) is 3.52. The monoisotopic (exact) mass is 249 g/mol. The van der Waals surface area contributed by atoms with Crippen LogP contribution in [0.25, 0.3) is 0 Å². The predicted molar refractivity (Wildman–Crippen MR) is 72.8 cm³/mol. The second-order valence-electron chi connectivity index (χ2n) is 4.98. The van der Waals surface area contributed by atoms with Crippen LogP contribution in [0.15, 0.2) is 18.3 Å². The van der Waals surface area contributed by atoms with Gasteiger partial charge >= 0.3 is 0 Å². The van der Waals surface area contributed by atoms with Gasteiger partial charge in [0.1, 0.15) is 6.61 Å². The van der Waals surface area contributed by atoms with Gasteiger partial charge in [-0.05, 0) is 39.0 Å². The number of pyridine rings is 1. The van der Waals surface area contributed by atoms with E-state index in [-0.39, 0.29) is 0 Å². The van der Waals surface area contributed by atoms with E-state index in [1.807, 2.05) is 19.3 Å². The maximum Gasteiger partial charge on any atom is 0.213 e. The summed E-state index contributed by atoms with van der Waals surface area (Å²) in [5.41, 5.74) is 1.18. The summed E-state index contributed by atoms with van der Waals surface area (Å²) in [5, 5.41) is 3.11. The van der Waals surface area contributed by atoms with Crippen molar-refractivity contribution >= 4 is 0 Å². The average Bonchev–Trinajstić information content (AvgIpc) is 2.40. The van der Waals surface area contributed by atoms with Gasteiger partial charge < -0.3 is 15.0 Å². The molecule has 2 heterocycles. The van der Waals surface area contributed by atoms with Crippen molar-refractivity contribution in [3.63, 3.8) is 0 Å². The molecule has 0 bridgehead atoms. The topological polar surface area (TPSA) is 37.4 Å². The number of nitrogens with one attached hydrogen (secondary N) is 1. The number of aromatic nitrogens is 1. The van der Waals surface area contributed by atoms with E-state index in [0.29, 0.717) is 6.04 Å². The van der Waals surface area contributed by atoms with Crippen LogP contribution in [0, 0.1) is 0 Å². The molecule has 0 amide bonds. The standard InChI is InChI=1S/C14H23N3O/c1-15-9-12-6-7-14(16-10-12)18-11-13-5-3-4-8-17(13)2/h6-7,10,13,15H,3-5,8-9,11H2,1-2H3. The lowest BCUT2D eigenvalue weighted by molar-refractivity contribution is 0.122. The van der Waals surface area contributed by atoms with Crippen LogP contribution in [-0.4, -0.2) is 43.2 Å². The van der Waals surface area contributed by atoms with Crippen LogP contribution in [0.2, 0.25) is 0 Å². The van der Waals surface area contributed by atoms with Gasteiger partial charge in [-0.3, -0.25) is 0 Å². The quantitative estimate of drug-likeness (QED) is 0.861. The largest absolute Gasteiger partial charge is 0.476 e. The van der Waals surface area contributed by atoms with E-state index in [1.54, 1.807) is 0 Å². The Balaban J connectivity index is 1.82. The summed E-state index contributed by atoms with van der Waals surface area (Å²) >= 11 is 0. The summed E-state index contributed by atoms with van der Waals surface area (Å²) < 4.78 is 5.78. The van der Waals surface area contributed by atoms with Crippen LogP contribution < -0.4 is 10.1 Å². The van der Waals surface area contributed by atoms with Crippen LogP contribution in [-0.2, 0) is 6.54 Å². The summed E-state index contributed by atoms with van der Waals surface area (Å²) in [6.07, 6.45) is 5.72.